The van der Waals surface area contributed by atoms with Crippen LogP contribution in [0.3, 0.4) is 0 Å². The molecule has 1 aromatic heterocycles. The van der Waals surface area contributed by atoms with Gasteiger partial charge in [-0.1, -0.05) is 5.21 Å². The van der Waals surface area contributed by atoms with Gasteiger partial charge in [-0.2, -0.15) is 0 Å². The highest BCUT2D eigenvalue weighted by molar-refractivity contribution is 5.63. The molecule has 0 radical (unpaired) electrons. The monoisotopic (exact) mass is 247 g/mol. The first-order chi connectivity index (χ1) is 8.74. The fourth-order valence-corrected chi connectivity index (χ4v) is 1.69. The summed E-state index contributed by atoms with van der Waals surface area (Å²) in [5.74, 6) is 1.49. The molecule has 1 heterocycles. The molecule has 18 heavy (non-hydrogen) atoms. The molecule has 0 amide bonds. The fraction of sp³-hybridized carbons (Fsp3) is 0.385. The van der Waals surface area contributed by atoms with Crippen LogP contribution in [0, 0.1) is 0 Å². The Hall–Kier alpha value is -2.04. The van der Waals surface area contributed by atoms with Crippen molar-refractivity contribution in [3.63, 3.8) is 0 Å². The summed E-state index contributed by atoms with van der Waals surface area (Å²) in [6, 6.07) is 5.79. The standard InChI is InChI=1S/C13H17N3O2/c1-4-17-12-7-6-10(8-13(12)18-5-2)11-9-16(3)15-14-11/h6-9H,4-5H2,1-3H3. The minimum absolute atomic E-state index is 0.601. The summed E-state index contributed by atoms with van der Waals surface area (Å²) in [6.07, 6.45) is 1.87. The van der Waals surface area contributed by atoms with E-state index in [1.807, 2.05) is 45.3 Å². The van der Waals surface area contributed by atoms with E-state index < -0.39 is 0 Å². The Kier molecular flexibility index (Phi) is 3.82. The normalized spacial score (nSPS) is 10.4. The third-order valence-corrected chi connectivity index (χ3v) is 2.44. The lowest BCUT2D eigenvalue weighted by Gasteiger charge is -2.11. The summed E-state index contributed by atoms with van der Waals surface area (Å²) in [7, 11) is 1.84. The van der Waals surface area contributed by atoms with E-state index in [9.17, 15) is 0 Å². The Labute approximate surface area is 106 Å². The SMILES string of the molecule is CCOc1ccc(-c2cn(C)nn2)cc1OCC. The lowest BCUT2D eigenvalue weighted by atomic mass is 10.1. The van der Waals surface area contributed by atoms with Crippen molar-refractivity contribution in [2.75, 3.05) is 13.2 Å². The van der Waals surface area contributed by atoms with E-state index in [1.165, 1.54) is 0 Å². The van der Waals surface area contributed by atoms with Crippen LogP contribution in [0.25, 0.3) is 11.3 Å². The zero-order chi connectivity index (χ0) is 13.0. The predicted octanol–water partition coefficient (Wildman–Crippen LogP) is 2.28. The largest absolute Gasteiger partial charge is 0.490 e. The average molecular weight is 247 g/mol. The van der Waals surface area contributed by atoms with Crippen molar-refractivity contribution in [3.05, 3.63) is 24.4 Å². The summed E-state index contributed by atoms with van der Waals surface area (Å²) in [5, 5.41) is 8.00. The summed E-state index contributed by atoms with van der Waals surface area (Å²) in [5.41, 5.74) is 1.79. The van der Waals surface area contributed by atoms with Gasteiger partial charge in [-0.15, -0.1) is 5.10 Å². The summed E-state index contributed by atoms with van der Waals surface area (Å²) in [6.45, 7) is 5.12. The molecule has 96 valence electrons. The van der Waals surface area contributed by atoms with Crippen molar-refractivity contribution in [1.29, 1.82) is 0 Å². The number of hydrogen-bond acceptors (Lipinski definition) is 4. The Balaban J connectivity index is 2.35. The second kappa shape index (κ2) is 5.53. The zero-order valence-electron chi connectivity index (χ0n) is 10.9. The molecule has 1 aromatic carbocycles. The first kappa shape index (κ1) is 12.4. The molecular formula is C13H17N3O2. The van der Waals surface area contributed by atoms with Crippen molar-refractivity contribution in [2.24, 2.45) is 7.05 Å². The van der Waals surface area contributed by atoms with Crippen molar-refractivity contribution in [3.8, 4) is 22.8 Å². The van der Waals surface area contributed by atoms with Gasteiger partial charge in [0, 0.05) is 12.6 Å². The maximum absolute atomic E-state index is 5.58. The number of nitrogens with zero attached hydrogens (tertiary/aromatic N) is 3. The lowest BCUT2D eigenvalue weighted by Crippen LogP contribution is -1.98. The molecule has 0 saturated heterocycles. The molecule has 0 saturated carbocycles. The van der Waals surface area contributed by atoms with E-state index in [4.69, 9.17) is 9.47 Å². The number of ether oxygens (including phenoxy) is 2. The highest BCUT2D eigenvalue weighted by Gasteiger charge is 2.09. The van der Waals surface area contributed by atoms with Gasteiger partial charge >= 0.3 is 0 Å². The van der Waals surface area contributed by atoms with Gasteiger partial charge in [-0.25, -0.2) is 0 Å². The van der Waals surface area contributed by atoms with E-state index in [0.29, 0.717) is 13.2 Å². The second-order valence-corrected chi connectivity index (χ2v) is 3.80. The lowest BCUT2D eigenvalue weighted by molar-refractivity contribution is 0.288. The Bertz CT molecular complexity index is 523. The minimum atomic E-state index is 0.601. The molecule has 0 atom stereocenters. The average Bonchev–Trinajstić information content (AvgIpc) is 2.79. The van der Waals surface area contributed by atoms with Gasteiger partial charge in [0.15, 0.2) is 11.5 Å². The first-order valence-corrected chi connectivity index (χ1v) is 6.01. The fourth-order valence-electron chi connectivity index (χ4n) is 1.69. The van der Waals surface area contributed by atoms with Crippen molar-refractivity contribution in [1.82, 2.24) is 15.0 Å². The van der Waals surface area contributed by atoms with Gasteiger partial charge in [0.25, 0.3) is 0 Å². The maximum atomic E-state index is 5.58. The number of rotatable bonds is 5. The maximum Gasteiger partial charge on any atom is 0.161 e. The van der Waals surface area contributed by atoms with Crippen LogP contribution in [0.5, 0.6) is 11.5 Å². The van der Waals surface area contributed by atoms with Crippen molar-refractivity contribution >= 4 is 0 Å². The molecule has 2 aromatic rings. The zero-order valence-corrected chi connectivity index (χ0v) is 10.9. The van der Waals surface area contributed by atoms with Crippen LogP contribution in [0.1, 0.15) is 13.8 Å². The van der Waals surface area contributed by atoms with E-state index >= 15 is 0 Å². The highest BCUT2D eigenvalue weighted by Crippen LogP contribution is 2.31. The first-order valence-electron chi connectivity index (χ1n) is 6.01. The molecule has 0 aliphatic heterocycles. The van der Waals surface area contributed by atoms with Crippen LogP contribution < -0.4 is 9.47 Å². The molecule has 0 bridgehead atoms. The molecule has 0 N–H and O–H groups in total. The van der Waals surface area contributed by atoms with Crippen molar-refractivity contribution in [2.45, 2.75) is 13.8 Å². The van der Waals surface area contributed by atoms with Crippen LogP contribution >= 0.6 is 0 Å². The van der Waals surface area contributed by atoms with Crippen LogP contribution in [-0.2, 0) is 7.05 Å². The van der Waals surface area contributed by atoms with E-state index in [1.54, 1.807) is 4.68 Å². The summed E-state index contributed by atoms with van der Waals surface area (Å²) < 4.78 is 12.8. The molecular weight excluding hydrogens is 230 g/mol. The number of hydrogen-bond donors (Lipinski definition) is 0. The summed E-state index contributed by atoms with van der Waals surface area (Å²) in [4.78, 5) is 0. The number of aryl methyl sites for hydroxylation is 1. The number of benzene rings is 1. The van der Waals surface area contributed by atoms with Crippen molar-refractivity contribution < 1.29 is 9.47 Å². The van der Waals surface area contributed by atoms with Gasteiger partial charge in [0.1, 0.15) is 5.69 Å². The molecule has 5 heteroatoms. The van der Waals surface area contributed by atoms with Gasteiger partial charge in [0.05, 0.1) is 19.4 Å². The van der Waals surface area contributed by atoms with Crippen LogP contribution in [0.4, 0.5) is 0 Å². The smallest absolute Gasteiger partial charge is 0.161 e. The molecule has 2 rings (SSSR count). The molecule has 0 aliphatic carbocycles. The third-order valence-electron chi connectivity index (χ3n) is 2.44. The van der Waals surface area contributed by atoms with Crippen LogP contribution in [-0.4, -0.2) is 28.2 Å². The molecule has 5 nitrogen and oxygen atoms in total. The second-order valence-electron chi connectivity index (χ2n) is 3.80. The summed E-state index contributed by atoms with van der Waals surface area (Å²) >= 11 is 0. The molecule has 0 spiro atoms. The van der Waals surface area contributed by atoms with Crippen LogP contribution in [0.2, 0.25) is 0 Å². The Morgan fingerprint density at radius 1 is 1.11 bits per heavy atom. The van der Waals surface area contributed by atoms with Crippen LogP contribution in [0.15, 0.2) is 24.4 Å². The predicted molar refractivity (Wildman–Crippen MR) is 68.8 cm³/mol. The van der Waals surface area contributed by atoms with Gasteiger partial charge in [-0.05, 0) is 32.0 Å². The third kappa shape index (κ3) is 2.61. The minimum Gasteiger partial charge on any atom is -0.490 e. The highest BCUT2D eigenvalue weighted by atomic mass is 16.5. The van der Waals surface area contributed by atoms with Gasteiger partial charge < -0.3 is 9.47 Å². The topological polar surface area (TPSA) is 49.2 Å². The van der Waals surface area contributed by atoms with E-state index in [2.05, 4.69) is 10.3 Å². The molecule has 0 fully saturated rings. The van der Waals surface area contributed by atoms with Gasteiger partial charge in [-0.3, -0.25) is 4.68 Å². The quantitative estimate of drug-likeness (QED) is 0.813. The molecule has 0 unspecified atom stereocenters. The van der Waals surface area contributed by atoms with Gasteiger partial charge in [0.2, 0.25) is 0 Å². The number of aromatic nitrogens is 3. The Morgan fingerprint density at radius 3 is 2.44 bits per heavy atom. The Morgan fingerprint density at radius 2 is 1.83 bits per heavy atom. The van der Waals surface area contributed by atoms with E-state index in [-0.39, 0.29) is 0 Å². The molecule has 0 aliphatic rings. The van der Waals surface area contributed by atoms with E-state index in [0.717, 1.165) is 22.8 Å².